The first-order chi connectivity index (χ1) is 15.1. The Labute approximate surface area is 190 Å². The van der Waals surface area contributed by atoms with Crippen LogP contribution < -0.4 is 10.8 Å². The minimum absolute atomic E-state index is 0.0340. The van der Waals surface area contributed by atoms with Gasteiger partial charge >= 0.3 is 7.12 Å². The monoisotopic (exact) mass is 440 g/mol. The molecule has 5 rings (SSSR count). The molecule has 8 heteroatoms. The maximum Gasteiger partial charge on any atom is 0.494 e. The van der Waals surface area contributed by atoms with Crippen molar-refractivity contribution in [2.45, 2.75) is 70.0 Å². The molecule has 4 aliphatic rings. The van der Waals surface area contributed by atoms with Gasteiger partial charge in [-0.05, 0) is 70.5 Å². The Hall–Kier alpha value is -1.90. The number of nitrogens with zero attached hydrogens (tertiary/aromatic N) is 1. The highest BCUT2D eigenvalue weighted by molar-refractivity contribution is 6.62. The van der Waals surface area contributed by atoms with Gasteiger partial charge < -0.3 is 24.3 Å². The molecule has 0 aromatic heterocycles. The molecule has 32 heavy (non-hydrogen) atoms. The van der Waals surface area contributed by atoms with Gasteiger partial charge in [-0.1, -0.05) is 12.1 Å². The number of carbonyl (C=O) groups is 2. The minimum atomic E-state index is -0.566. The molecule has 4 aliphatic heterocycles. The van der Waals surface area contributed by atoms with E-state index in [2.05, 4.69) is 5.32 Å². The molecule has 2 amide bonds. The molecule has 1 aromatic rings. The van der Waals surface area contributed by atoms with E-state index in [-0.39, 0.29) is 17.7 Å². The first-order valence-electron chi connectivity index (χ1n) is 11.8. The standard InChI is InChI=1S/C24H33BN2O5/c1-22(2)23(3,4)32-25(31-22)17-7-8-18-19(14-17)26-21(29)24(18)9-11-27(12-10-24)20(28)16-6-5-13-30-15-16/h7-8,14,16H,5-6,9-13,15H2,1-4H3,(H,26,29). The Bertz CT molecular complexity index is 916. The number of amides is 2. The van der Waals surface area contributed by atoms with Crippen molar-refractivity contribution in [2.75, 3.05) is 31.6 Å². The van der Waals surface area contributed by atoms with Crippen LogP contribution in [0.25, 0.3) is 0 Å². The van der Waals surface area contributed by atoms with E-state index in [0.29, 0.717) is 32.5 Å². The van der Waals surface area contributed by atoms with Gasteiger partial charge in [0.05, 0.1) is 29.1 Å². The SMILES string of the molecule is CC1(C)OB(c2ccc3c(c2)NC(=O)C32CCN(C(=O)C3CCCOC3)CC2)OC1(C)C. The van der Waals surface area contributed by atoms with Gasteiger partial charge in [-0.25, -0.2) is 0 Å². The summed E-state index contributed by atoms with van der Waals surface area (Å²) in [5.41, 5.74) is 1.38. The topological polar surface area (TPSA) is 77.1 Å². The van der Waals surface area contributed by atoms with Gasteiger partial charge in [-0.15, -0.1) is 0 Å². The molecule has 1 unspecified atom stereocenters. The van der Waals surface area contributed by atoms with Crippen LogP contribution in [0.15, 0.2) is 18.2 Å². The first-order valence-corrected chi connectivity index (χ1v) is 11.8. The lowest BCUT2D eigenvalue weighted by Gasteiger charge is -2.39. The number of anilines is 1. The molecule has 3 saturated heterocycles. The molecule has 0 bridgehead atoms. The van der Waals surface area contributed by atoms with Crippen LogP contribution in [-0.4, -0.2) is 61.3 Å². The summed E-state index contributed by atoms with van der Waals surface area (Å²) >= 11 is 0. The fourth-order valence-corrected chi connectivity index (χ4v) is 5.37. The molecule has 1 N–H and O–H groups in total. The van der Waals surface area contributed by atoms with Crippen LogP contribution in [0.5, 0.6) is 0 Å². The molecule has 4 heterocycles. The van der Waals surface area contributed by atoms with Crippen LogP contribution in [-0.2, 0) is 29.0 Å². The summed E-state index contributed by atoms with van der Waals surface area (Å²) in [6, 6.07) is 6.04. The second-order valence-corrected chi connectivity index (χ2v) is 10.7. The van der Waals surface area contributed by atoms with Crippen LogP contribution >= 0.6 is 0 Å². The second kappa shape index (κ2) is 7.57. The molecular formula is C24H33BN2O5. The summed E-state index contributed by atoms with van der Waals surface area (Å²) in [5.74, 6) is 0.172. The van der Waals surface area contributed by atoms with Gasteiger partial charge in [0.1, 0.15) is 0 Å². The third-order valence-electron chi connectivity index (χ3n) is 8.21. The molecule has 0 saturated carbocycles. The summed E-state index contributed by atoms with van der Waals surface area (Å²) < 4.78 is 17.9. The summed E-state index contributed by atoms with van der Waals surface area (Å²) in [4.78, 5) is 28.0. The van der Waals surface area contributed by atoms with Gasteiger partial charge in [0.25, 0.3) is 0 Å². The Balaban J connectivity index is 1.32. The number of nitrogens with one attached hydrogen (secondary N) is 1. The third-order valence-corrected chi connectivity index (χ3v) is 8.21. The van der Waals surface area contributed by atoms with Crippen molar-refractivity contribution < 1.29 is 23.6 Å². The predicted octanol–water partition coefficient (Wildman–Crippen LogP) is 2.22. The van der Waals surface area contributed by atoms with Crippen LogP contribution in [0, 0.1) is 5.92 Å². The first kappa shape index (κ1) is 21.9. The van der Waals surface area contributed by atoms with Crippen LogP contribution in [0.3, 0.4) is 0 Å². The molecule has 1 aromatic carbocycles. The number of hydrogen-bond donors (Lipinski definition) is 1. The maximum atomic E-state index is 13.1. The zero-order chi connectivity index (χ0) is 22.7. The largest absolute Gasteiger partial charge is 0.494 e. The summed E-state index contributed by atoms with van der Waals surface area (Å²) in [6.07, 6.45) is 3.11. The van der Waals surface area contributed by atoms with Crippen molar-refractivity contribution in [3.8, 4) is 0 Å². The van der Waals surface area contributed by atoms with E-state index in [1.807, 2.05) is 50.8 Å². The molecule has 0 aliphatic carbocycles. The lowest BCUT2D eigenvalue weighted by molar-refractivity contribution is -0.142. The smallest absolute Gasteiger partial charge is 0.399 e. The summed E-state index contributed by atoms with van der Waals surface area (Å²) in [6.45, 7) is 10.6. The van der Waals surface area contributed by atoms with Crippen molar-refractivity contribution in [1.29, 1.82) is 0 Å². The number of fused-ring (bicyclic) bond motifs is 2. The lowest BCUT2D eigenvalue weighted by Crippen LogP contribution is -2.50. The zero-order valence-electron chi connectivity index (χ0n) is 19.5. The third kappa shape index (κ3) is 3.38. The fourth-order valence-electron chi connectivity index (χ4n) is 5.37. The van der Waals surface area contributed by atoms with Crippen LogP contribution in [0.4, 0.5) is 5.69 Å². The van der Waals surface area contributed by atoms with Crippen LogP contribution in [0.1, 0.15) is 58.9 Å². The van der Waals surface area contributed by atoms with Crippen molar-refractivity contribution in [3.63, 3.8) is 0 Å². The lowest BCUT2D eigenvalue weighted by atomic mass is 9.71. The number of rotatable bonds is 2. The van der Waals surface area contributed by atoms with Crippen molar-refractivity contribution >= 4 is 30.1 Å². The van der Waals surface area contributed by atoms with E-state index in [1.54, 1.807) is 0 Å². The van der Waals surface area contributed by atoms with E-state index in [4.69, 9.17) is 14.0 Å². The number of ether oxygens (including phenoxy) is 1. The predicted molar refractivity (Wildman–Crippen MR) is 122 cm³/mol. The number of benzene rings is 1. The van der Waals surface area contributed by atoms with E-state index < -0.39 is 23.7 Å². The Morgan fingerprint density at radius 3 is 2.44 bits per heavy atom. The summed E-state index contributed by atoms with van der Waals surface area (Å²) in [5, 5.41) is 3.10. The van der Waals surface area contributed by atoms with Gasteiger partial charge in [0, 0.05) is 25.4 Å². The quantitative estimate of drug-likeness (QED) is 0.714. The normalized spacial score (nSPS) is 28.0. The molecule has 1 spiro atoms. The second-order valence-electron chi connectivity index (χ2n) is 10.7. The van der Waals surface area contributed by atoms with E-state index >= 15 is 0 Å². The molecule has 1 atom stereocenters. The van der Waals surface area contributed by atoms with Crippen molar-refractivity contribution in [1.82, 2.24) is 4.90 Å². The number of likely N-dealkylation sites (tertiary alicyclic amines) is 1. The zero-order valence-corrected chi connectivity index (χ0v) is 19.5. The van der Waals surface area contributed by atoms with E-state index in [0.717, 1.165) is 36.2 Å². The molecular weight excluding hydrogens is 407 g/mol. The fraction of sp³-hybridized carbons (Fsp3) is 0.667. The molecule has 3 fully saturated rings. The average Bonchev–Trinajstić information content (AvgIpc) is 3.16. The Morgan fingerprint density at radius 2 is 1.81 bits per heavy atom. The van der Waals surface area contributed by atoms with Crippen molar-refractivity contribution in [2.24, 2.45) is 5.92 Å². The molecule has 0 radical (unpaired) electrons. The Morgan fingerprint density at radius 1 is 1.12 bits per heavy atom. The van der Waals surface area contributed by atoms with Gasteiger partial charge in [0.2, 0.25) is 11.8 Å². The van der Waals surface area contributed by atoms with Gasteiger partial charge in [-0.3, -0.25) is 9.59 Å². The molecule has 7 nitrogen and oxygen atoms in total. The molecule has 172 valence electrons. The number of carbonyl (C=O) groups excluding carboxylic acids is 2. The highest BCUT2D eigenvalue weighted by Crippen LogP contribution is 2.45. The Kier molecular flexibility index (Phi) is 5.19. The van der Waals surface area contributed by atoms with Gasteiger partial charge in [-0.2, -0.15) is 0 Å². The van der Waals surface area contributed by atoms with E-state index in [1.165, 1.54) is 0 Å². The van der Waals surface area contributed by atoms with E-state index in [9.17, 15) is 9.59 Å². The number of piperidine rings is 1. The number of hydrogen-bond acceptors (Lipinski definition) is 5. The average molecular weight is 440 g/mol. The highest BCUT2D eigenvalue weighted by Gasteiger charge is 2.53. The highest BCUT2D eigenvalue weighted by atomic mass is 16.7. The minimum Gasteiger partial charge on any atom is -0.399 e. The van der Waals surface area contributed by atoms with Crippen molar-refractivity contribution in [3.05, 3.63) is 23.8 Å². The summed E-state index contributed by atoms with van der Waals surface area (Å²) in [7, 11) is -0.462. The maximum absolute atomic E-state index is 13.1. The van der Waals surface area contributed by atoms with Gasteiger partial charge in [0.15, 0.2) is 0 Å². The van der Waals surface area contributed by atoms with Crippen LogP contribution in [0.2, 0.25) is 0 Å².